The van der Waals surface area contributed by atoms with E-state index in [4.69, 9.17) is 4.42 Å². The number of unbranched alkanes of at least 4 members (excludes halogenated alkanes) is 1. The summed E-state index contributed by atoms with van der Waals surface area (Å²) >= 11 is 0. The van der Waals surface area contributed by atoms with Gasteiger partial charge in [0.05, 0.1) is 6.26 Å². The van der Waals surface area contributed by atoms with Gasteiger partial charge in [-0.1, -0.05) is 31.5 Å². The Morgan fingerprint density at radius 3 is 2.67 bits per heavy atom. The van der Waals surface area contributed by atoms with Gasteiger partial charge < -0.3 is 9.73 Å². The fourth-order valence-electron chi connectivity index (χ4n) is 1.60. The Morgan fingerprint density at radius 2 is 2.00 bits per heavy atom. The minimum Gasteiger partial charge on any atom is -0.461 e. The second kappa shape index (κ2) is 6.64. The number of benzene rings is 1. The molecule has 0 radical (unpaired) electrons. The third kappa shape index (κ3) is 3.48. The summed E-state index contributed by atoms with van der Waals surface area (Å²) in [5, 5.41) is 3.30. The van der Waals surface area contributed by atoms with Crippen LogP contribution >= 0.6 is 0 Å². The van der Waals surface area contributed by atoms with Crippen LogP contribution in [0, 0.1) is 0 Å². The summed E-state index contributed by atoms with van der Waals surface area (Å²) in [6, 6.07) is 13.8. The highest BCUT2D eigenvalue weighted by Gasteiger charge is 2.06. The van der Waals surface area contributed by atoms with Crippen molar-refractivity contribution in [2.75, 3.05) is 11.9 Å². The number of nitrogens with zero attached hydrogens (tertiary/aromatic N) is 1. The fraction of sp³-hybridized carbons (Fsp3) is 0.267. The van der Waals surface area contributed by atoms with Crippen LogP contribution in [0.4, 0.5) is 5.69 Å². The summed E-state index contributed by atoms with van der Waals surface area (Å²) in [7, 11) is 0. The lowest BCUT2D eigenvalue weighted by molar-refractivity contribution is 0.557. The van der Waals surface area contributed by atoms with E-state index >= 15 is 0 Å². The van der Waals surface area contributed by atoms with Crippen molar-refractivity contribution >= 4 is 11.5 Å². The molecule has 1 N–H and O–H groups in total. The molecule has 0 unspecified atom stereocenters. The molecule has 3 nitrogen and oxygen atoms in total. The minimum absolute atomic E-state index is 0.773. The normalized spacial score (nSPS) is 11.5. The number of nitrogens with one attached hydrogen (secondary N) is 1. The van der Waals surface area contributed by atoms with Crippen molar-refractivity contribution in [3.8, 4) is 0 Å². The number of aliphatic imine (C=N–C) groups is 1. The molecule has 18 heavy (non-hydrogen) atoms. The Kier molecular flexibility index (Phi) is 4.59. The number of para-hydroxylation sites is 1. The molecule has 2 rings (SSSR count). The van der Waals surface area contributed by atoms with Gasteiger partial charge in [-0.15, -0.1) is 0 Å². The van der Waals surface area contributed by atoms with Crippen LogP contribution in [0.3, 0.4) is 0 Å². The van der Waals surface area contributed by atoms with Crippen LogP contribution in [0.25, 0.3) is 0 Å². The summed E-state index contributed by atoms with van der Waals surface area (Å²) in [6.07, 6.45) is 3.89. The van der Waals surface area contributed by atoms with Gasteiger partial charge in [0.2, 0.25) is 0 Å². The molecule has 1 aromatic heterocycles. The SMILES string of the molecule is CCCCN=C(Nc1ccccc1)c1ccco1. The maximum absolute atomic E-state index is 5.41. The van der Waals surface area contributed by atoms with Crippen molar-refractivity contribution in [1.29, 1.82) is 0 Å². The Morgan fingerprint density at radius 1 is 1.17 bits per heavy atom. The van der Waals surface area contributed by atoms with E-state index in [1.807, 2.05) is 42.5 Å². The van der Waals surface area contributed by atoms with E-state index in [-0.39, 0.29) is 0 Å². The van der Waals surface area contributed by atoms with Crippen LogP contribution < -0.4 is 5.32 Å². The molecule has 0 atom stereocenters. The number of furan rings is 1. The van der Waals surface area contributed by atoms with Gasteiger partial charge in [0, 0.05) is 12.2 Å². The molecule has 0 spiro atoms. The first kappa shape index (κ1) is 12.4. The largest absolute Gasteiger partial charge is 0.461 e. The summed E-state index contributed by atoms with van der Waals surface area (Å²) in [4.78, 5) is 4.56. The predicted molar refractivity (Wildman–Crippen MR) is 75.1 cm³/mol. The second-order valence-electron chi connectivity index (χ2n) is 4.05. The summed E-state index contributed by atoms with van der Waals surface area (Å²) in [6.45, 7) is 2.97. The third-order valence-electron chi connectivity index (χ3n) is 2.57. The molecule has 0 bridgehead atoms. The molecule has 1 aromatic carbocycles. The Balaban J connectivity index is 2.13. The zero-order chi connectivity index (χ0) is 12.6. The van der Waals surface area contributed by atoms with Gasteiger partial charge in [-0.25, -0.2) is 0 Å². The van der Waals surface area contributed by atoms with Gasteiger partial charge in [0.1, 0.15) is 0 Å². The van der Waals surface area contributed by atoms with Gasteiger partial charge in [0.25, 0.3) is 0 Å². The molecule has 0 aliphatic rings. The quantitative estimate of drug-likeness (QED) is 0.490. The number of hydrogen-bond donors (Lipinski definition) is 1. The number of anilines is 1. The lowest BCUT2D eigenvalue weighted by Gasteiger charge is -2.07. The molecule has 94 valence electrons. The first-order valence-corrected chi connectivity index (χ1v) is 6.30. The van der Waals surface area contributed by atoms with Gasteiger partial charge in [0.15, 0.2) is 11.6 Å². The molecular weight excluding hydrogens is 224 g/mol. The van der Waals surface area contributed by atoms with Crippen LogP contribution in [-0.2, 0) is 0 Å². The van der Waals surface area contributed by atoms with Gasteiger partial charge in [-0.2, -0.15) is 0 Å². The van der Waals surface area contributed by atoms with E-state index in [0.29, 0.717) is 0 Å². The maximum atomic E-state index is 5.41. The average Bonchev–Trinajstić information content (AvgIpc) is 2.93. The zero-order valence-electron chi connectivity index (χ0n) is 10.6. The molecule has 0 saturated carbocycles. The molecule has 1 heterocycles. The molecular formula is C15H18N2O. The Labute approximate surface area is 108 Å². The molecule has 0 aliphatic heterocycles. The second-order valence-corrected chi connectivity index (χ2v) is 4.05. The van der Waals surface area contributed by atoms with E-state index < -0.39 is 0 Å². The van der Waals surface area contributed by atoms with E-state index in [1.54, 1.807) is 6.26 Å². The first-order chi connectivity index (χ1) is 8.90. The molecule has 3 heteroatoms. The topological polar surface area (TPSA) is 37.5 Å². The van der Waals surface area contributed by atoms with Crippen molar-refractivity contribution < 1.29 is 4.42 Å². The highest BCUT2D eigenvalue weighted by molar-refractivity contribution is 6.06. The number of rotatable bonds is 5. The summed E-state index contributed by atoms with van der Waals surface area (Å²) < 4.78 is 5.41. The Bertz CT molecular complexity index is 474. The molecule has 0 amide bonds. The van der Waals surface area contributed by atoms with Crippen LogP contribution in [0.5, 0.6) is 0 Å². The first-order valence-electron chi connectivity index (χ1n) is 6.30. The maximum Gasteiger partial charge on any atom is 0.169 e. The molecule has 0 aliphatic carbocycles. The predicted octanol–water partition coefficient (Wildman–Crippen LogP) is 3.94. The van der Waals surface area contributed by atoms with Crippen LogP contribution in [-0.4, -0.2) is 12.4 Å². The highest BCUT2D eigenvalue weighted by Crippen LogP contribution is 2.10. The van der Waals surface area contributed by atoms with Crippen molar-refractivity contribution in [2.24, 2.45) is 4.99 Å². The molecule has 0 saturated heterocycles. The van der Waals surface area contributed by atoms with E-state index in [9.17, 15) is 0 Å². The molecule has 2 aromatic rings. The summed E-state index contributed by atoms with van der Waals surface area (Å²) in [5.74, 6) is 1.56. The van der Waals surface area contributed by atoms with Crippen molar-refractivity contribution in [3.05, 3.63) is 54.5 Å². The third-order valence-corrected chi connectivity index (χ3v) is 2.57. The van der Waals surface area contributed by atoms with Gasteiger partial charge in [-0.05, 0) is 30.7 Å². The van der Waals surface area contributed by atoms with E-state index in [0.717, 1.165) is 36.7 Å². The zero-order valence-corrected chi connectivity index (χ0v) is 10.6. The van der Waals surface area contributed by atoms with Crippen LogP contribution in [0.1, 0.15) is 25.5 Å². The van der Waals surface area contributed by atoms with Crippen LogP contribution in [0.2, 0.25) is 0 Å². The fourth-order valence-corrected chi connectivity index (χ4v) is 1.60. The van der Waals surface area contributed by atoms with Crippen molar-refractivity contribution in [1.82, 2.24) is 0 Å². The number of amidine groups is 1. The number of hydrogen-bond acceptors (Lipinski definition) is 2. The monoisotopic (exact) mass is 242 g/mol. The average molecular weight is 242 g/mol. The van der Waals surface area contributed by atoms with E-state index in [1.165, 1.54) is 0 Å². The van der Waals surface area contributed by atoms with Gasteiger partial charge in [-0.3, -0.25) is 4.99 Å². The standard InChI is InChI=1S/C15H18N2O/c1-2-3-11-16-15(14-10-7-12-18-14)17-13-8-5-4-6-9-13/h4-10,12H,2-3,11H2,1H3,(H,16,17). The molecule has 0 fully saturated rings. The van der Waals surface area contributed by atoms with Crippen LogP contribution in [0.15, 0.2) is 58.1 Å². The lowest BCUT2D eigenvalue weighted by Crippen LogP contribution is -2.13. The minimum atomic E-state index is 0.773. The van der Waals surface area contributed by atoms with Crippen molar-refractivity contribution in [3.63, 3.8) is 0 Å². The Hall–Kier alpha value is -2.03. The van der Waals surface area contributed by atoms with E-state index in [2.05, 4.69) is 17.2 Å². The lowest BCUT2D eigenvalue weighted by atomic mass is 10.3. The summed E-state index contributed by atoms with van der Waals surface area (Å²) in [5.41, 5.74) is 1.02. The van der Waals surface area contributed by atoms with Gasteiger partial charge >= 0.3 is 0 Å². The smallest absolute Gasteiger partial charge is 0.169 e. The van der Waals surface area contributed by atoms with Crippen molar-refractivity contribution in [2.45, 2.75) is 19.8 Å². The highest BCUT2D eigenvalue weighted by atomic mass is 16.3.